The Morgan fingerprint density at radius 1 is 1.22 bits per heavy atom. The van der Waals surface area contributed by atoms with E-state index in [0.29, 0.717) is 17.4 Å². The van der Waals surface area contributed by atoms with Crippen LogP contribution in [0.1, 0.15) is 36.9 Å². The van der Waals surface area contributed by atoms with E-state index in [1.807, 2.05) is 24.3 Å². The SMILES string of the molecule is NC(=O)N1CCCC(Nc2nc(-c3cccc(Cl)c3)nc3c2CCCC3)C1. The molecule has 1 aliphatic heterocycles. The lowest BCUT2D eigenvalue weighted by molar-refractivity contribution is 0.192. The number of hydrogen-bond acceptors (Lipinski definition) is 4. The Hall–Kier alpha value is -2.34. The van der Waals surface area contributed by atoms with Crippen molar-refractivity contribution in [2.75, 3.05) is 18.4 Å². The molecule has 1 aromatic carbocycles. The summed E-state index contributed by atoms with van der Waals surface area (Å²) in [6, 6.07) is 7.44. The first kappa shape index (κ1) is 18.0. The smallest absolute Gasteiger partial charge is 0.314 e. The summed E-state index contributed by atoms with van der Waals surface area (Å²) in [6.45, 7) is 1.34. The lowest BCUT2D eigenvalue weighted by Crippen LogP contribution is -2.47. The first-order valence-corrected chi connectivity index (χ1v) is 9.94. The molecule has 0 bridgehead atoms. The van der Waals surface area contributed by atoms with Crippen LogP contribution < -0.4 is 11.1 Å². The maximum atomic E-state index is 11.5. The number of piperidine rings is 1. The van der Waals surface area contributed by atoms with E-state index in [4.69, 9.17) is 27.3 Å². The van der Waals surface area contributed by atoms with E-state index in [1.54, 1.807) is 4.90 Å². The summed E-state index contributed by atoms with van der Waals surface area (Å²) >= 11 is 6.16. The summed E-state index contributed by atoms with van der Waals surface area (Å²) in [4.78, 5) is 22.9. The molecule has 3 N–H and O–H groups in total. The number of carbonyl (C=O) groups excluding carboxylic acids is 1. The van der Waals surface area contributed by atoms with Crippen molar-refractivity contribution in [3.8, 4) is 11.4 Å². The molecule has 1 fully saturated rings. The molecule has 1 unspecified atom stereocenters. The summed E-state index contributed by atoms with van der Waals surface area (Å²) in [7, 11) is 0. The van der Waals surface area contributed by atoms with Gasteiger partial charge in [0, 0.05) is 41.0 Å². The number of nitrogens with two attached hydrogens (primary N) is 1. The number of hydrogen-bond donors (Lipinski definition) is 2. The second-order valence-electron chi connectivity index (χ2n) is 7.31. The van der Waals surface area contributed by atoms with Crippen LogP contribution in [0.3, 0.4) is 0 Å². The van der Waals surface area contributed by atoms with Crippen molar-refractivity contribution in [1.29, 1.82) is 0 Å². The van der Waals surface area contributed by atoms with Crippen molar-refractivity contribution in [2.45, 2.75) is 44.6 Å². The minimum atomic E-state index is -0.356. The minimum Gasteiger partial charge on any atom is -0.365 e. The number of primary amides is 1. The van der Waals surface area contributed by atoms with Gasteiger partial charge in [-0.3, -0.25) is 0 Å². The van der Waals surface area contributed by atoms with Crippen molar-refractivity contribution in [3.05, 3.63) is 40.5 Å². The average molecular weight is 386 g/mol. The monoisotopic (exact) mass is 385 g/mol. The highest BCUT2D eigenvalue weighted by atomic mass is 35.5. The van der Waals surface area contributed by atoms with Crippen molar-refractivity contribution < 1.29 is 4.79 Å². The van der Waals surface area contributed by atoms with Crippen LogP contribution in [0.25, 0.3) is 11.4 Å². The fourth-order valence-electron chi connectivity index (χ4n) is 3.96. The average Bonchev–Trinajstić information content (AvgIpc) is 2.68. The van der Waals surface area contributed by atoms with Crippen molar-refractivity contribution in [1.82, 2.24) is 14.9 Å². The molecule has 0 spiro atoms. The maximum absolute atomic E-state index is 11.5. The highest BCUT2D eigenvalue weighted by molar-refractivity contribution is 6.30. The molecule has 2 aliphatic rings. The predicted molar refractivity (Wildman–Crippen MR) is 107 cm³/mol. The van der Waals surface area contributed by atoms with Gasteiger partial charge in [0.2, 0.25) is 0 Å². The standard InChI is InChI=1S/C20H24ClN5O/c21-14-6-3-5-13(11-14)18-24-17-9-2-1-8-16(17)19(25-18)23-15-7-4-10-26(12-15)20(22)27/h3,5-6,11,15H,1-2,4,7-10,12H2,(H2,22,27)(H,23,24,25). The van der Waals surface area contributed by atoms with E-state index < -0.39 is 0 Å². The number of fused-ring (bicyclic) bond motifs is 1. The summed E-state index contributed by atoms with van der Waals surface area (Å²) in [5, 5.41) is 4.26. The van der Waals surface area contributed by atoms with Crippen molar-refractivity contribution >= 4 is 23.4 Å². The molecule has 7 heteroatoms. The topological polar surface area (TPSA) is 84.1 Å². The number of nitrogens with one attached hydrogen (secondary N) is 1. The lowest BCUT2D eigenvalue weighted by Gasteiger charge is -2.33. The highest BCUT2D eigenvalue weighted by Crippen LogP contribution is 2.30. The first-order valence-electron chi connectivity index (χ1n) is 9.57. The van der Waals surface area contributed by atoms with Crippen LogP contribution in [0.5, 0.6) is 0 Å². The van der Waals surface area contributed by atoms with E-state index in [9.17, 15) is 4.79 Å². The zero-order chi connectivity index (χ0) is 18.8. The van der Waals surface area contributed by atoms with Crippen LogP contribution in [0, 0.1) is 0 Å². The van der Waals surface area contributed by atoms with Crippen LogP contribution in [0.4, 0.5) is 10.6 Å². The Kier molecular flexibility index (Phi) is 5.16. The third-order valence-corrected chi connectivity index (χ3v) is 5.57. The molecule has 142 valence electrons. The number of anilines is 1. The largest absolute Gasteiger partial charge is 0.365 e. The van der Waals surface area contributed by atoms with Gasteiger partial charge < -0.3 is 16.0 Å². The molecular formula is C20H24ClN5O. The molecule has 27 heavy (non-hydrogen) atoms. The van der Waals surface area contributed by atoms with Gasteiger partial charge in [-0.1, -0.05) is 23.7 Å². The fourth-order valence-corrected chi connectivity index (χ4v) is 4.15. The van der Waals surface area contributed by atoms with Gasteiger partial charge in [0.1, 0.15) is 5.82 Å². The van der Waals surface area contributed by atoms with Crippen molar-refractivity contribution in [3.63, 3.8) is 0 Å². The predicted octanol–water partition coefficient (Wildman–Crippen LogP) is 3.63. The van der Waals surface area contributed by atoms with Crippen LogP contribution >= 0.6 is 11.6 Å². The fraction of sp³-hybridized carbons (Fsp3) is 0.450. The van der Waals surface area contributed by atoms with E-state index in [1.165, 1.54) is 5.56 Å². The lowest BCUT2D eigenvalue weighted by atomic mass is 9.95. The number of benzene rings is 1. The zero-order valence-electron chi connectivity index (χ0n) is 15.2. The van der Waals surface area contributed by atoms with Gasteiger partial charge in [0.05, 0.1) is 0 Å². The number of carbonyl (C=O) groups is 1. The normalized spacial score (nSPS) is 19.4. The molecule has 0 saturated carbocycles. The van der Waals surface area contributed by atoms with Crippen LogP contribution in [-0.2, 0) is 12.8 Å². The number of halogens is 1. The Balaban J connectivity index is 1.66. The van der Waals surface area contributed by atoms with Gasteiger partial charge in [-0.15, -0.1) is 0 Å². The number of aromatic nitrogens is 2. The number of nitrogens with zero attached hydrogens (tertiary/aromatic N) is 3. The van der Waals surface area contributed by atoms with Gasteiger partial charge in [0.25, 0.3) is 0 Å². The molecule has 1 saturated heterocycles. The van der Waals surface area contributed by atoms with Gasteiger partial charge in [-0.25, -0.2) is 14.8 Å². The van der Waals surface area contributed by atoms with E-state index in [2.05, 4.69) is 5.32 Å². The highest BCUT2D eigenvalue weighted by Gasteiger charge is 2.25. The Labute approximate surface area is 164 Å². The third kappa shape index (κ3) is 4.00. The Morgan fingerprint density at radius 3 is 2.89 bits per heavy atom. The van der Waals surface area contributed by atoms with Gasteiger partial charge in [0.15, 0.2) is 5.82 Å². The van der Waals surface area contributed by atoms with Gasteiger partial charge in [-0.05, 0) is 50.7 Å². The number of urea groups is 1. The van der Waals surface area contributed by atoms with Crippen LogP contribution in [0.2, 0.25) is 5.02 Å². The van der Waals surface area contributed by atoms with Crippen LogP contribution in [0.15, 0.2) is 24.3 Å². The second kappa shape index (κ2) is 7.72. The molecule has 2 heterocycles. The molecule has 6 nitrogen and oxygen atoms in total. The molecule has 4 rings (SSSR count). The second-order valence-corrected chi connectivity index (χ2v) is 7.74. The maximum Gasteiger partial charge on any atom is 0.314 e. The molecular weight excluding hydrogens is 362 g/mol. The number of likely N-dealkylation sites (tertiary alicyclic amines) is 1. The Bertz CT molecular complexity index is 856. The Morgan fingerprint density at radius 2 is 2.07 bits per heavy atom. The first-order chi connectivity index (χ1) is 13.1. The summed E-state index contributed by atoms with van der Waals surface area (Å²) < 4.78 is 0. The van der Waals surface area contributed by atoms with E-state index >= 15 is 0 Å². The van der Waals surface area contributed by atoms with Gasteiger partial charge >= 0.3 is 6.03 Å². The van der Waals surface area contributed by atoms with Crippen LogP contribution in [-0.4, -0.2) is 40.0 Å². The quantitative estimate of drug-likeness (QED) is 0.844. The van der Waals surface area contributed by atoms with E-state index in [0.717, 1.165) is 62.1 Å². The van der Waals surface area contributed by atoms with Crippen molar-refractivity contribution in [2.24, 2.45) is 5.73 Å². The summed E-state index contributed by atoms with van der Waals surface area (Å²) in [5.74, 6) is 1.59. The molecule has 1 aromatic heterocycles. The molecule has 0 radical (unpaired) electrons. The molecule has 1 atom stereocenters. The number of rotatable bonds is 3. The number of amides is 2. The number of aryl methyl sites for hydroxylation is 1. The molecule has 2 aromatic rings. The molecule has 1 aliphatic carbocycles. The minimum absolute atomic E-state index is 0.152. The summed E-state index contributed by atoms with van der Waals surface area (Å²) in [5.41, 5.74) is 8.72. The van der Waals surface area contributed by atoms with E-state index in [-0.39, 0.29) is 12.1 Å². The van der Waals surface area contributed by atoms with Gasteiger partial charge in [-0.2, -0.15) is 0 Å². The third-order valence-electron chi connectivity index (χ3n) is 5.34. The zero-order valence-corrected chi connectivity index (χ0v) is 16.0. The molecule has 2 amide bonds. The summed E-state index contributed by atoms with van der Waals surface area (Å²) in [6.07, 6.45) is 6.19.